The average molecular weight is 520 g/mol. The minimum Gasteiger partial charge on any atom is -0.507 e. The van der Waals surface area contributed by atoms with E-state index in [1.165, 1.54) is 5.56 Å². The maximum atomic E-state index is 13.1. The number of carbonyl (C=O) groups excluding carboxylic acids is 1. The van der Waals surface area contributed by atoms with E-state index in [1.807, 2.05) is 42.5 Å². The van der Waals surface area contributed by atoms with Crippen LogP contribution in [0.25, 0.3) is 33.5 Å². The van der Waals surface area contributed by atoms with Crippen LogP contribution < -0.4 is 10.1 Å². The SMILES string of the molecule is COc1ncccc1-c1ccc(O)c(-c2nc3ccc(C(=O)NC4CCN(Cc5ccccc5)C4)cc3[nH]2)c1. The number of ether oxygens (including phenoxy) is 1. The van der Waals surface area contributed by atoms with Crippen molar-refractivity contribution in [3.8, 4) is 34.1 Å². The Balaban J connectivity index is 1.19. The molecule has 1 atom stereocenters. The number of hydrogen-bond acceptors (Lipinski definition) is 6. The molecule has 0 radical (unpaired) electrons. The molecule has 39 heavy (non-hydrogen) atoms. The number of aromatic amines is 1. The Kier molecular flexibility index (Phi) is 6.69. The van der Waals surface area contributed by atoms with Crippen LogP contribution in [0.5, 0.6) is 11.6 Å². The van der Waals surface area contributed by atoms with Gasteiger partial charge in [0.05, 0.1) is 23.7 Å². The molecule has 0 aliphatic carbocycles. The smallest absolute Gasteiger partial charge is 0.251 e. The van der Waals surface area contributed by atoms with E-state index >= 15 is 0 Å². The van der Waals surface area contributed by atoms with Crippen LogP contribution in [0.2, 0.25) is 0 Å². The average Bonchev–Trinajstić information content (AvgIpc) is 3.60. The van der Waals surface area contributed by atoms with Crippen LogP contribution in [0.1, 0.15) is 22.3 Å². The number of amides is 1. The van der Waals surface area contributed by atoms with Crippen LogP contribution in [-0.2, 0) is 6.54 Å². The molecule has 5 aromatic rings. The fourth-order valence-electron chi connectivity index (χ4n) is 5.15. The zero-order valence-corrected chi connectivity index (χ0v) is 21.6. The summed E-state index contributed by atoms with van der Waals surface area (Å²) in [6, 6.07) is 25.0. The van der Waals surface area contributed by atoms with Crippen molar-refractivity contribution in [1.82, 2.24) is 25.2 Å². The molecule has 3 aromatic carbocycles. The van der Waals surface area contributed by atoms with E-state index in [1.54, 1.807) is 25.4 Å². The van der Waals surface area contributed by atoms with Crippen molar-refractivity contribution in [2.75, 3.05) is 20.2 Å². The standard InChI is InChI=1S/C31H29N5O3/c1-39-31-24(8-5-14-32-31)21-10-12-28(37)25(16-21)29-34-26-11-9-22(17-27(26)35-29)30(38)33-23-13-15-36(19-23)18-20-6-3-2-4-7-20/h2-12,14,16-17,23,37H,13,15,18-19H2,1H3,(H,33,38)(H,34,35). The number of rotatable bonds is 7. The van der Waals surface area contributed by atoms with Gasteiger partial charge in [-0.3, -0.25) is 9.69 Å². The van der Waals surface area contributed by atoms with Crippen molar-refractivity contribution in [1.29, 1.82) is 0 Å². The minimum atomic E-state index is -0.104. The number of aromatic nitrogens is 3. The highest BCUT2D eigenvalue weighted by molar-refractivity contribution is 5.98. The summed E-state index contributed by atoms with van der Waals surface area (Å²) in [6.07, 6.45) is 2.59. The normalized spacial score (nSPS) is 15.5. The van der Waals surface area contributed by atoms with Gasteiger partial charge in [-0.05, 0) is 60.0 Å². The third-order valence-electron chi connectivity index (χ3n) is 7.13. The lowest BCUT2D eigenvalue weighted by atomic mass is 10.0. The first-order valence-electron chi connectivity index (χ1n) is 13.0. The highest BCUT2D eigenvalue weighted by atomic mass is 16.5. The number of nitrogens with one attached hydrogen (secondary N) is 2. The molecule has 3 heterocycles. The first-order valence-corrected chi connectivity index (χ1v) is 13.0. The third kappa shape index (κ3) is 5.19. The topological polar surface area (TPSA) is 103 Å². The summed E-state index contributed by atoms with van der Waals surface area (Å²) in [6.45, 7) is 2.67. The number of phenolic OH excluding ortho intramolecular Hbond substituents is 1. The van der Waals surface area contributed by atoms with Crippen LogP contribution in [0.15, 0.2) is 85.1 Å². The summed E-state index contributed by atoms with van der Waals surface area (Å²) < 4.78 is 5.40. The van der Waals surface area contributed by atoms with Gasteiger partial charge >= 0.3 is 0 Å². The van der Waals surface area contributed by atoms with Gasteiger partial charge < -0.3 is 20.1 Å². The number of H-pyrrole nitrogens is 1. The Morgan fingerprint density at radius 2 is 1.95 bits per heavy atom. The van der Waals surface area contributed by atoms with Gasteiger partial charge in [0, 0.05) is 43.0 Å². The van der Waals surface area contributed by atoms with Crippen molar-refractivity contribution in [2.45, 2.75) is 19.0 Å². The molecule has 0 spiro atoms. The molecule has 0 saturated carbocycles. The Labute approximate surface area is 226 Å². The molecular weight excluding hydrogens is 490 g/mol. The second-order valence-electron chi connectivity index (χ2n) is 9.79. The van der Waals surface area contributed by atoms with Crippen LogP contribution >= 0.6 is 0 Å². The predicted octanol–water partition coefficient (Wildman–Crippen LogP) is 5.01. The van der Waals surface area contributed by atoms with Crippen molar-refractivity contribution in [3.63, 3.8) is 0 Å². The molecule has 3 N–H and O–H groups in total. The Morgan fingerprint density at radius 1 is 1.08 bits per heavy atom. The molecule has 0 bridgehead atoms. The summed E-state index contributed by atoms with van der Waals surface area (Å²) in [5, 5.41) is 13.8. The van der Waals surface area contributed by atoms with Crippen molar-refractivity contribution >= 4 is 16.9 Å². The lowest BCUT2D eigenvalue weighted by Crippen LogP contribution is -2.36. The molecule has 1 amide bonds. The molecule has 6 rings (SSSR count). The van der Waals surface area contributed by atoms with Gasteiger partial charge in [-0.25, -0.2) is 9.97 Å². The number of benzene rings is 3. The van der Waals surface area contributed by atoms with Crippen molar-refractivity contribution in [2.24, 2.45) is 0 Å². The number of likely N-dealkylation sites (tertiary alicyclic amines) is 1. The second-order valence-corrected chi connectivity index (χ2v) is 9.79. The molecule has 1 aliphatic heterocycles. The number of fused-ring (bicyclic) bond motifs is 1. The zero-order chi connectivity index (χ0) is 26.8. The Hall–Kier alpha value is -4.69. The molecule has 1 saturated heterocycles. The van der Waals surface area contributed by atoms with Gasteiger partial charge in [0.2, 0.25) is 5.88 Å². The van der Waals surface area contributed by atoms with Crippen LogP contribution in [0, 0.1) is 0 Å². The number of imidazole rings is 1. The number of methoxy groups -OCH3 is 1. The Morgan fingerprint density at radius 3 is 2.79 bits per heavy atom. The fraction of sp³-hybridized carbons (Fsp3) is 0.194. The first-order chi connectivity index (χ1) is 19.1. The summed E-state index contributed by atoms with van der Waals surface area (Å²) >= 11 is 0. The largest absolute Gasteiger partial charge is 0.507 e. The van der Waals surface area contributed by atoms with E-state index in [-0.39, 0.29) is 17.7 Å². The van der Waals surface area contributed by atoms with Crippen molar-refractivity contribution in [3.05, 3.63) is 96.2 Å². The summed E-state index contributed by atoms with van der Waals surface area (Å²) in [5.74, 6) is 1.00. The van der Waals surface area contributed by atoms with E-state index in [2.05, 4.69) is 49.4 Å². The maximum Gasteiger partial charge on any atom is 0.251 e. The number of nitrogens with zero attached hydrogens (tertiary/aromatic N) is 3. The summed E-state index contributed by atoms with van der Waals surface area (Å²) in [7, 11) is 1.58. The number of aromatic hydroxyl groups is 1. The van der Waals surface area contributed by atoms with Crippen LogP contribution in [0.4, 0.5) is 0 Å². The Bertz CT molecular complexity index is 1630. The van der Waals surface area contributed by atoms with Gasteiger partial charge in [-0.2, -0.15) is 0 Å². The van der Waals surface area contributed by atoms with Crippen LogP contribution in [0.3, 0.4) is 0 Å². The molecule has 1 fully saturated rings. The predicted molar refractivity (Wildman–Crippen MR) is 151 cm³/mol. The first kappa shape index (κ1) is 24.6. The number of hydrogen-bond donors (Lipinski definition) is 3. The van der Waals surface area contributed by atoms with Gasteiger partial charge in [-0.1, -0.05) is 36.4 Å². The molecule has 8 nitrogen and oxygen atoms in total. The number of phenols is 1. The van der Waals surface area contributed by atoms with Gasteiger partial charge in [0.15, 0.2) is 0 Å². The lowest BCUT2D eigenvalue weighted by Gasteiger charge is -2.17. The van der Waals surface area contributed by atoms with Gasteiger partial charge in [0.25, 0.3) is 5.91 Å². The molecular formula is C31H29N5O3. The van der Waals surface area contributed by atoms with Crippen LogP contribution in [-0.4, -0.2) is 57.1 Å². The monoisotopic (exact) mass is 519 g/mol. The van der Waals surface area contributed by atoms with Gasteiger partial charge in [-0.15, -0.1) is 0 Å². The van der Waals surface area contributed by atoms with E-state index in [4.69, 9.17) is 4.74 Å². The number of carbonyl (C=O) groups is 1. The van der Waals surface area contributed by atoms with E-state index in [0.717, 1.165) is 42.7 Å². The second kappa shape index (κ2) is 10.6. The summed E-state index contributed by atoms with van der Waals surface area (Å²) in [4.78, 5) is 27.7. The summed E-state index contributed by atoms with van der Waals surface area (Å²) in [5.41, 5.74) is 5.47. The molecule has 8 heteroatoms. The van der Waals surface area contributed by atoms with Gasteiger partial charge in [0.1, 0.15) is 11.6 Å². The molecule has 1 unspecified atom stereocenters. The molecule has 1 aliphatic rings. The van der Waals surface area contributed by atoms with E-state index in [0.29, 0.717) is 28.3 Å². The van der Waals surface area contributed by atoms with Crippen molar-refractivity contribution < 1.29 is 14.6 Å². The lowest BCUT2D eigenvalue weighted by molar-refractivity contribution is 0.0937. The quantitative estimate of drug-likeness (QED) is 0.279. The fourth-order valence-corrected chi connectivity index (χ4v) is 5.15. The van der Waals surface area contributed by atoms with E-state index < -0.39 is 0 Å². The molecule has 2 aromatic heterocycles. The minimum absolute atomic E-state index is 0.0971. The maximum absolute atomic E-state index is 13.1. The van der Waals surface area contributed by atoms with E-state index in [9.17, 15) is 9.90 Å². The highest BCUT2D eigenvalue weighted by Gasteiger charge is 2.24. The molecule has 196 valence electrons. The highest BCUT2D eigenvalue weighted by Crippen LogP contribution is 2.35. The zero-order valence-electron chi connectivity index (χ0n) is 21.6. The number of pyridine rings is 1. The third-order valence-corrected chi connectivity index (χ3v) is 7.13.